The van der Waals surface area contributed by atoms with E-state index in [9.17, 15) is 0 Å². The van der Waals surface area contributed by atoms with Crippen molar-refractivity contribution in [1.82, 2.24) is 15.1 Å². The summed E-state index contributed by atoms with van der Waals surface area (Å²) in [6.07, 6.45) is 4.87. The summed E-state index contributed by atoms with van der Waals surface area (Å²) < 4.78 is 6.90. The molecule has 0 saturated heterocycles. The van der Waals surface area contributed by atoms with E-state index in [1.165, 1.54) is 5.56 Å². The molecule has 0 bridgehead atoms. The number of methoxy groups -OCH3 is 1. The summed E-state index contributed by atoms with van der Waals surface area (Å²) in [6.45, 7) is 0.728. The normalized spacial score (nSPS) is 13.2. The molecule has 0 fully saturated rings. The highest BCUT2D eigenvalue weighted by Gasteiger charge is 2.07. The molecule has 0 aliphatic heterocycles. The lowest BCUT2D eigenvalue weighted by Crippen LogP contribution is -2.31. The molecule has 74 valence electrons. The second-order valence-electron chi connectivity index (χ2n) is 3.17. The van der Waals surface area contributed by atoms with Crippen LogP contribution < -0.4 is 5.32 Å². The van der Waals surface area contributed by atoms with Crippen LogP contribution in [0.25, 0.3) is 0 Å². The molecule has 0 spiro atoms. The molecular formula is C9H17N3O. The van der Waals surface area contributed by atoms with Crippen molar-refractivity contribution in [2.75, 3.05) is 20.8 Å². The van der Waals surface area contributed by atoms with Crippen LogP contribution in [0.15, 0.2) is 12.4 Å². The van der Waals surface area contributed by atoms with Gasteiger partial charge in [0.05, 0.1) is 12.8 Å². The monoisotopic (exact) mass is 183 g/mol. The predicted octanol–water partition coefficient (Wildman–Crippen LogP) is 0.197. The van der Waals surface area contributed by atoms with Crippen LogP contribution in [0.4, 0.5) is 0 Å². The van der Waals surface area contributed by atoms with Crippen LogP contribution in [0.2, 0.25) is 0 Å². The van der Waals surface area contributed by atoms with Crippen molar-refractivity contribution in [2.24, 2.45) is 7.05 Å². The highest BCUT2D eigenvalue weighted by atomic mass is 16.5. The number of nitrogens with one attached hydrogen (secondary N) is 1. The number of aromatic nitrogens is 2. The number of nitrogens with zero attached hydrogens (tertiary/aromatic N) is 2. The number of aryl methyl sites for hydroxylation is 1. The van der Waals surface area contributed by atoms with Gasteiger partial charge in [-0.05, 0) is 19.0 Å². The summed E-state index contributed by atoms with van der Waals surface area (Å²) in [5.41, 5.74) is 1.24. The average molecular weight is 183 g/mol. The zero-order valence-electron chi connectivity index (χ0n) is 8.45. The van der Waals surface area contributed by atoms with Crippen LogP contribution in [-0.2, 0) is 18.2 Å². The fourth-order valence-corrected chi connectivity index (χ4v) is 1.31. The Bertz CT molecular complexity index is 247. The van der Waals surface area contributed by atoms with E-state index in [1.54, 1.807) is 7.11 Å². The summed E-state index contributed by atoms with van der Waals surface area (Å²) in [4.78, 5) is 0. The van der Waals surface area contributed by atoms with Gasteiger partial charge in [-0.3, -0.25) is 4.68 Å². The first-order valence-electron chi connectivity index (χ1n) is 4.40. The third-order valence-corrected chi connectivity index (χ3v) is 2.02. The molecule has 13 heavy (non-hydrogen) atoms. The quantitative estimate of drug-likeness (QED) is 0.708. The molecule has 0 aromatic carbocycles. The average Bonchev–Trinajstić information content (AvgIpc) is 2.50. The largest absolute Gasteiger partial charge is 0.383 e. The second-order valence-corrected chi connectivity index (χ2v) is 3.17. The molecular weight excluding hydrogens is 166 g/mol. The maximum absolute atomic E-state index is 5.08. The highest BCUT2D eigenvalue weighted by Crippen LogP contribution is 2.01. The van der Waals surface area contributed by atoms with Crippen LogP contribution in [0, 0.1) is 0 Å². The van der Waals surface area contributed by atoms with Crippen molar-refractivity contribution in [3.05, 3.63) is 18.0 Å². The number of hydrogen-bond donors (Lipinski definition) is 1. The van der Waals surface area contributed by atoms with Gasteiger partial charge in [-0.2, -0.15) is 5.10 Å². The third kappa shape index (κ3) is 3.16. The van der Waals surface area contributed by atoms with Crippen LogP contribution in [0.3, 0.4) is 0 Å². The first-order valence-corrected chi connectivity index (χ1v) is 4.40. The highest BCUT2D eigenvalue weighted by molar-refractivity contribution is 5.05. The molecule has 0 amide bonds. The van der Waals surface area contributed by atoms with Crippen molar-refractivity contribution in [3.63, 3.8) is 0 Å². The molecule has 0 aliphatic carbocycles. The Balaban J connectivity index is 2.46. The molecule has 0 saturated carbocycles. The van der Waals surface area contributed by atoms with Gasteiger partial charge in [-0.15, -0.1) is 0 Å². The first kappa shape index (κ1) is 10.2. The van der Waals surface area contributed by atoms with E-state index in [0.29, 0.717) is 6.04 Å². The van der Waals surface area contributed by atoms with Gasteiger partial charge in [-0.25, -0.2) is 0 Å². The number of rotatable bonds is 5. The Labute approximate surface area is 78.9 Å². The molecule has 4 nitrogen and oxygen atoms in total. The summed E-state index contributed by atoms with van der Waals surface area (Å²) in [6, 6.07) is 0.370. The van der Waals surface area contributed by atoms with Crippen molar-refractivity contribution < 1.29 is 4.74 Å². The summed E-state index contributed by atoms with van der Waals surface area (Å²) in [5.74, 6) is 0. The number of hydrogen-bond acceptors (Lipinski definition) is 3. The van der Waals surface area contributed by atoms with Crippen LogP contribution >= 0.6 is 0 Å². The van der Waals surface area contributed by atoms with Crippen molar-refractivity contribution in [2.45, 2.75) is 12.5 Å². The maximum atomic E-state index is 5.08. The molecule has 1 aromatic rings. The topological polar surface area (TPSA) is 39.1 Å². The lowest BCUT2D eigenvalue weighted by atomic mass is 10.1. The second kappa shape index (κ2) is 4.99. The maximum Gasteiger partial charge on any atom is 0.0619 e. The Hall–Kier alpha value is -0.870. The van der Waals surface area contributed by atoms with Crippen molar-refractivity contribution in [1.29, 1.82) is 0 Å². The Kier molecular flexibility index (Phi) is 3.92. The predicted molar refractivity (Wildman–Crippen MR) is 51.6 cm³/mol. The van der Waals surface area contributed by atoms with Gasteiger partial charge in [0.1, 0.15) is 0 Å². The first-order chi connectivity index (χ1) is 6.26. The van der Waals surface area contributed by atoms with E-state index >= 15 is 0 Å². The van der Waals surface area contributed by atoms with Gasteiger partial charge in [0.25, 0.3) is 0 Å². The van der Waals surface area contributed by atoms with E-state index in [4.69, 9.17) is 4.74 Å². The van der Waals surface area contributed by atoms with Crippen LogP contribution in [0.1, 0.15) is 5.56 Å². The molecule has 4 heteroatoms. The lowest BCUT2D eigenvalue weighted by Gasteiger charge is -2.13. The summed E-state index contributed by atoms with van der Waals surface area (Å²) >= 11 is 0. The number of ether oxygens (including phenoxy) is 1. The zero-order valence-corrected chi connectivity index (χ0v) is 8.45. The van der Waals surface area contributed by atoms with Crippen LogP contribution in [-0.4, -0.2) is 36.6 Å². The minimum Gasteiger partial charge on any atom is -0.383 e. The van der Waals surface area contributed by atoms with E-state index in [0.717, 1.165) is 13.0 Å². The standard InChI is InChI=1S/C9H17N3O/c1-10-9(7-13-3)4-8-5-11-12(2)6-8/h5-6,9-10H,4,7H2,1-3H3. The number of likely N-dealkylation sites (N-methyl/N-ethyl adjacent to an activating group) is 1. The van der Waals surface area contributed by atoms with Gasteiger partial charge in [0.2, 0.25) is 0 Å². The van der Waals surface area contributed by atoms with E-state index in [-0.39, 0.29) is 0 Å². The Morgan fingerprint density at radius 3 is 2.92 bits per heavy atom. The molecule has 0 aliphatic rings. The van der Waals surface area contributed by atoms with Gasteiger partial charge in [-0.1, -0.05) is 0 Å². The summed E-state index contributed by atoms with van der Waals surface area (Å²) in [5, 5.41) is 7.31. The molecule has 1 atom stereocenters. The van der Waals surface area contributed by atoms with Gasteiger partial charge in [0, 0.05) is 26.4 Å². The van der Waals surface area contributed by atoms with Gasteiger partial charge < -0.3 is 10.1 Å². The fourth-order valence-electron chi connectivity index (χ4n) is 1.31. The van der Waals surface area contributed by atoms with Gasteiger partial charge >= 0.3 is 0 Å². The Morgan fingerprint density at radius 1 is 1.69 bits per heavy atom. The Morgan fingerprint density at radius 2 is 2.46 bits per heavy atom. The van der Waals surface area contributed by atoms with E-state index in [1.807, 2.05) is 31.2 Å². The molecule has 1 heterocycles. The van der Waals surface area contributed by atoms with E-state index in [2.05, 4.69) is 10.4 Å². The SMILES string of the molecule is CNC(COC)Cc1cnn(C)c1. The smallest absolute Gasteiger partial charge is 0.0619 e. The fraction of sp³-hybridized carbons (Fsp3) is 0.667. The minimum absolute atomic E-state index is 0.370. The lowest BCUT2D eigenvalue weighted by molar-refractivity contribution is 0.169. The van der Waals surface area contributed by atoms with Gasteiger partial charge in [0.15, 0.2) is 0 Å². The van der Waals surface area contributed by atoms with Crippen LogP contribution in [0.5, 0.6) is 0 Å². The van der Waals surface area contributed by atoms with Crippen molar-refractivity contribution >= 4 is 0 Å². The summed E-state index contributed by atoms with van der Waals surface area (Å²) in [7, 11) is 5.59. The van der Waals surface area contributed by atoms with E-state index < -0.39 is 0 Å². The van der Waals surface area contributed by atoms with Crippen molar-refractivity contribution in [3.8, 4) is 0 Å². The molecule has 0 radical (unpaired) electrons. The molecule has 1 unspecified atom stereocenters. The minimum atomic E-state index is 0.370. The third-order valence-electron chi connectivity index (χ3n) is 2.02. The molecule has 1 N–H and O–H groups in total. The molecule has 1 aromatic heterocycles. The zero-order chi connectivity index (χ0) is 9.68. The molecule has 1 rings (SSSR count).